The zero-order valence-electron chi connectivity index (χ0n) is 11.6. The highest BCUT2D eigenvalue weighted by Crippen LogP contribution is 2.22. The number of rotatable bonds is 4. The molecule has 1 fully saturated rings. The van der Waals surface area contributed by atoms with Gasteiger partial charge in [0.25, 0.3) is 0 Å². The predicted molar refractivity (Wildman–Crippen MR) is 76.9 cm³/mol. The normalized spacial score (nSPS) is 23.5. The van der Waals surface area contributed by atoms with Gasteiger partial charge in [0.2, 0.25) is 5.91 Å². The average molecular weight is 297 g/mol. The van der Waals surface area contributed by atoms with Gasteiger partial charge in [-0.2, -0.15) is 0 Å². The number of amides is 1. The minimum atomic E-state index is -0.852. The van der Waals surface area contributed by atoms with Gasteiger partial charge in [0, 0.05) is 5.38 Å². The molecular weight excluding hydrogens is 278 g/mol. The van der Waals surface area contributed by atoms with E-state index in [-0.39, 0.29) is 12.5 Å². The van der Waals surface area contributed by atoms with E-state index in [1.165, 1.54) is 11.3 Å². The van der Waals surface area contributed by atoms with Crippen LogP contribution in [0.4, 0.5) is 5.13 Å². The summed E-state index contributed by atoms with van der Waals surface area (Å²) in [5, 5.41) is 14.4. The van der Waals surface area contributed by atoms with E-state index in [1.54, 1.807) is 4.90 Å². The maximum absolute atomic E-state index is 12.0. The maximum Gasteiger partial charge on any atom is 0.320 e. The third-order valence-electron chi connectivity index (χ3n) is 3.47. The molecule has 0 aliphatic carbocycles. The molecule has 0 spiro atoms. The highest BCUT2D eigenvalue weighted by Gasteiger charge is 2.32. The molecule has 2 unspecified atom stereocenters. The van der Waals surface area contributed by atoms with Crippen LogP contribution in [0.2, 0.25) is 0 Å². The van der Waals surface area contributed by atoms with E-state index >= 15 is 0 Å². The van der Waals surface area contributed by atoms with Crippen molar-refractivity contribution in [2.24, 2.45) is 5.92 Å². The highest BCUT2D eigenvalue weighted by atomic mass is 32.1. The SMILES string of the molecule is Cc1csc(NC(=O)CN2CCC(C)CC2C(=O)O)n1. The van der Waals surface area contributed by atoms with Gasteiger partial charge in [-0.3, -0.25) is 14.5 Å². The number of anilines is 1. The van der Waals surface area contributed by atoms with E-state index in [0.29, 0.717) is 24.0 Å². The number of piperidine rings is 1. The molecule has 1 amide bonds. The molecule has 0 bridgehead atoms. The number of hydrogen-bond donors (Lipinski definition) is 2. The molecule has 0 aromatic carbocycles. The first-order valence-corrected chi connectivity index (χ1v) is 7.52. The van der Waals surface area contributed by atoms with Crippen LogP contribution in [0, 0.1) is 12.8 Å². The molecule has 1 aliphatic heterocycles. The van der Waals surface area contributed by atoms with Crippen LogP contribution in [0.25, 0.3) is 0 Å². The van der Waals surface area contributed by atoms with E-state index in [4.69, 9.17) is 0 Å². The lowest BCUT2D eigenvalue weighted by Gasteiger charge is -2.35. The van der Waals surface area contributed by atoms with Crippen molar-refractivity contribution in [3.63, 3.8) is 0 Å². The number of aliphatic carboxylic acids is 1. The summed E-state index contributed by atoms with van der Waals surface area (Å²) in [6, 6.07) is -0.567. The standard InChI is InChI=1S/C13H19N3O3S/c1-8-3-4-16(10(5-8)12(18)19)6-11(17)15-13-14-9(2)7-20-13/h7-8,10H,3-6H2,1-2H3,(H,18,19)(H,14,15,17). The lowest BCUT2D eigenvalue weighted by Crippen LogP contribution is -2.49. The predicted octanol–water partition coefficient (Wildman–Crippen LogP) is 1.58. The molecule has 6 nitrogen and oxygen atoms in total. The first-order chi connectivity index (χ1) is 9.45. The molecule has 0 radical (unpaired) electrons. The molecule has 2 heterocycles. The van der Waals surface area contributed by atoms with Crippen LogP contribution >= 0.6 is 11.3 Å². The Morgan fingerprint density at radius 3 is 2.95 bits per heavy atom. The van der Waals surface area contributed by atoms with Crippen LogP contribution in [-0.2, 0) is 9.59 Å². The number of carboxylic acids is 1. The highest BCUT2D eigenvalue weighted by molar-refractivity contribution is 7.13. The Morgan fingerprint density at radius 2 is 2.35 bits per heavy atom. The number of carboxylic acid groups (broad SMARTS) is 1. The molecule has 2 atom stereocenters. The van der Waals surface area contributed by atoms with Crippen molar-refractivity contribution < 1.29 is 14.7 Å². The van der Waals surface area contributed by atoms with Crippen molar-refractivity contribution in [2.75, 3.05) is 18.4 Å². The monoisotopic (exact) mass is 297 g/mol. The second kappa shape index (κ2) is 6.32. The smallest absolute Gasteiger partial charge is 0.320 e. The van der Waals surface area contributed by atoms with Gasteiger partial charge < -0.3 is 10.4 Å². The van der Waals surface area contributed by atoms with Crippen LogP contribution < -0.4 is 5.32 Å². The summed E-state index contributed by atoms with van der Waals surface area (Å²) in [4.78, 5) is 29.1. The third-order valence-corrected chi connectivity index (χ3v) is 4.35. The molecule has 1 aliphatic rings. The second-order valence-electron chi connectivity index (χ2n) is 5.30. The zero-order chi connectivity index (χ0) is 14.7. The number of aryl methyl sites for hydroxylation is 1. The topological polar surface area (TPSA) is 82.5 Å². The van der Waals surface area contributed by atoms with E-state index in [0.717, 1.165) is 12.1 Å². The summed E-state index contributed by atoms with van der Waals surface area (Å²) in [7, 11) is 0. The zero-order valence-corrected chi connectivity index (χ0v) is 12.4. The molecule has 20 heavy (non-hydrogen) atoms. The number of hydrogen-bond acceptors (Lipinski definition) is 5. The summed E-state index contributed by atoms with van der Waals surface area (Å²) in [5.74, 6) is -0.674. The Morgan fingerprint density at radius 1 is 1.60 bits per heavy atom. The minimum absolute atomic E-state index is 0.0995. The first-order valence-electron chi connectivity index (χ1n) is 6.64. The first kappa shape index (κ1) is 14.9. The number of thiazole rings is 1. The molecule has 0 saturated carbocycles. The van der Waals surface area contributed by atoms with Gasteiger partial charge in [0.15, 0.2) is 5.13 Å². The summed E-state index contributed by atoms with van der Waals surface area (Å²) >= 11 is 1.37. The van der Waals surface area contributed by atoms with Gasteiger partial charge in [-0.05, 0) is 32.2 Å². The lowest BCUT2D eigenvalue weighted by atomic mass is 9.92. The molecule has 2 rings (SSSR count). The van der Waals surface area contributed by atoms with Gasteiger partial charge in [0.1, 0.15) is 6.04 Å². The maximum atomic E-state index is 12.0. The van der Waals surface area contributed by atoms with Crippen molar-refractivity contribution in [1.82, 2.24) is 9.88 Å². The van der Waals surface area contributed by atoms with Crippen LogP contribution in [0.1, 0.15) is 25.5 Å². The molecular formula is C13H19N3O3S. The largest absolute Gasteiger partial charge is 0.480 e. The molecule has 110 valence electrons. The molecule has 1 aromatic heterocycles. The number of nitrogens with zero attached hydrogens (tertiary/aromatic N) is 2. The van der Waals surface area contributed by atoms with Gasteiger partial charge in [-0.1, -0.05) is 6.92 Å². The van der Waals surface area contributed by atoms with Gasteiger partial charge in [-0.15, -0.1) is 11.3 Å². The second-order valence-corrected chi connectivity index (χ2v) is 6.15. The summed E-state index contributed by atoms with van der Waals surface area (Å²) in [6.45, 7) is 4.65. The Balaban J connectivity index is 1.93. The average Bonchev–Trinajstić information content (AvgIpc) is 2.76. The molecule has 1 aromatic rings. The van der Waals surface area contributed by atoms with Crippen molar-refractivity contribution in [3.05, 3.63) is 11.1 Å². The van der Waals surface area contributed by atoms with Gasteiger partial charge in [-0.25, -0.2) is 4.98 Å². The summed E-state index contributed by atoms with van der Waals surface area (Å²) in [6.07, 6.45) is 1.52. The van der Waals surface area contributed by atoms with E-state index in [1.807, 2.05) is 19.2 Å². The summed E-state index contributed by atoms with van der Waals surface area (Å²) in [5.41, 5.74) is 0.862. The Labute approximate surface area is 121 Å². The quantitative estimate of drug-likeness (QED) is 0.881. The number of carbonyl (C=O) groups is 2. The fourth-order valence-corrected chi connectivity index (χ4v) is 3.10. The fraction of sp³-hybridized carbons (Fsp3) is 0.615. The van der Waals surface area contributed by atoms with Crippen molar-refractivity contribution >= 4 is 28.3 Å². The van der Waals surface area contributed by atoms with Crippen molar-refractivity contribution in [3.8, 4) is 0 Å². The number of nitrogens with one attached hydrogen (secondary N) is 1. The number of likely N-dealkylation sites (tertiary alicyclic amines) is 1. The lowest BCUT2D eigenvalue weighted by molar-refractivity contribution is -0.145. The van der Waals surface area contributed by atoms with E-state index in [2.05, 4.69) is 10.3 Å². The van der Waals surface area contributed by atoms with E-state index in [9.17, 15) is 14.7 Å². The van der Waals surface area contributed by atoms with E-state index < -0.39 is 12.0 Å². The van der Waals surface area contributed by atoms with Crippen molar-refractivity contribution in [2.45, 2.75) is 32.7 Å². The molecule has 1 saturated heterocycles. The van der Waals surface area contributed by atoms with Gasteiger partial charge >= 0.3 is 5.97 Å². The Hall–Kier alpha value is -1.47. The van der Waals surface area contributed by atoms with Crippen LogP contribution in [0.15, 0.2) is 5.38 Å². The van der Waals surface area contributed by atoms with Crippen LogP contribution in [0.3, 0.4) is 0 Å². The number of carbonyl (C=O) groups excluding carboxylic acids is 1. The van der Waals surface area contributed by atoms with Crippen molar-refractivity contribution in [1.29, 1.82) is 0 Å². The fourth-order valence-electron chi connectivity index (χ4n) is 2.39. The molecule has 7 heteroatoms. The minimum Gasteiger partial charge on any atom is -0.480 e. The number of aromatic nitrogens is 1. The van der Waals surface area contributed by atoms with Gasteiger partial charge in [0.05, 0.1) is 12.2 Å². The Bertz CT molecular complexity index is 503. The van der Waals surface area contributed by atoms with Crippen LogP contribution in [-0.4, -0.2) is 46.0 Å². The third kappa shape index (κ3) is 3.77. The summed E-state index contributed by atoms with van der Waals surface area (Å²) < 4.78 is 0. The van der Waals surface area contributed by atoms with Crippen LogP contribution in [0.5, 0.6) is 0 Å². The molecule has 2 N–H and O–H groups in total. The Kier molecular flexibility index (Phi) is 4.72.